The Morgan fingerprint density at radius 1 is 1.39 bits per heavy atom. The summed E-state index contributed by atoms with van der Waals surface area (Å²) in [6, 6.07) is 7.28. The minimum atomic E-state index is -0.400. The molecule has 0 radical (unpaired) electrons. The van der Waals surface area contributed by atoms with E-state index in [1.165, 1.54) is 6.92 Å². The van der Waals surface area contributed by atoms with E-state index in [0.717, 1.165) is 11.1 Å². The van der Waals surface area contributed by atoms with Crippen molar-refractivity contribution < 1.29 is 19.1 Å². The van der Waals surface area contributed by atoms with Crippen LogP contribution in [0.15, 0.2) is 36.4 Å². The Kier molecular flexibility index (Phi) is 5.55. The lowest BCUT2D eigenvalue weighted by Gasteiger charge is -2.21. The molecule has 1 aromatic rings. The first-order valence-corrected chi connectivity index (χ1v) is 7.73. The number of hydrogen-bond donors (Lipinski definition) is 1. The maximum Gasteiger partial charge on any atom is 0.312 e. The molecule has 1 heterocycles. The van der Waals surface area contributed by atoms with E-state index in [1.54, 1.807) is 12.1 Å². The summed E-state index contributed by atoms with van der Waals surface area (Å²) in [5.41, 5.74) is 2.35. The lowest BCUT2D eigenvalue weighted by Crippen LogP contribution is -2.27. The van der Waals surface area contributed by atoms with Crippen LogP contribution < -0.4 is 5.32 Å². The highest BCUT2D eigenvalue weighted by Crippen LogP contribution is 2.29. The van der Waals surface area contributed by atoms with Gasteiger partial charge in [-0.25, -0.2) is 0 Å². The molecule has 1 aliphatic heterocycles. The molecule has 0 spiro atoms. The maximum absolute atomic E-state index is 12.4. The molecule has 0 aliphatic carbocycles. The second-order valence-electron chi connectivity index (χ2n) is 5.92. The molecule has 23 heavy (non-hydrogen) atoms. The molecule has 0 saturated carbocycles. The monoisotopic (exact) mass is 317 g/mol. The molecule has 1 fully saturated rings. The number of carbonyl (C=O) groups excluding carboxylic acids is 2. The molecule has 0 bridgehead atoms. The van der Waals surface area contributed by atoms with Crippen molar-refractivity contribution in [3.05, 3.63) is 42.0 Å². The molecule has 1 amide bonds. The third-order valence-electron chi connectivity index (χ3n) is 3.85. The number of carbonyl (C=O) groups is 2. The molecular weight excluding hydrogens is 294 g/mol. The van der Waals surface area contributed by atoms with Gasteiger partial charge in [0.05, 0.1) is 12.0 Å². The smallest absolute Gasteiger partial charge is 0.312 e. The number of esters is 1. The fourth-order valence-corrected chi connectivity index (χ4v) is 2.72. The van der Waals surface area contributed by atoms with Crippen molar-refractivity contribution >= 4 is 17.6 Å². The van der Waals surface area contributed by atoms with E-state index in [4.69, 9.17) is 9.47 Å². The number of hydrogen-bond acceptors (Lipinski definition) is 4. The Morgan fingerprint density at radius 3 is 2.78 bits per heavy atom. The maximum atomic E-state index is 12.4. The van der Waals surface area contributed by atoms with Crippen molar-refractivity contribution in [1.82, 2.24) is 0 Å². The van der Waals surface area contributed by atoms with Gasteiger partial charge in [-0.05, 0) is 38.0 Å². The van der Waals surface area contributed by atoms with Crippen molar-refractivity contribution in [3.8, 4) is 0 Å². The highest BCUT2D eigenvalue weighted by atomic mass is 16.6. The molecule has 3 atom stereocenters. The van der Waals surface area contributed by atoms with Gasteiger partial charge in [-0.15, -0.1) is 0 Å². The quantitative estimate of drug-likeness (QED) is 0.669. The number of rotatable bonds is 5. The number of anilines is 1. The largest absolute Gasteiger partial charge is 0.457 e. The van der Waals surface area contributed by atoms with Crippen molar-refractivity contribution in [2.24, 2.45) is 5.92 Å². The van der Waals surface area contributed by atoms with Crippen LogP contribution >= 0.6 is 0 Å². The van der Waals surface area contributed by atoms with Gasteiger partial charge in [-0.1, -0.05) is 24.3 Å². The highest BCUT2D eigenvalue weighted by Gasteiger charge is 2.36. The summed E-state index contributed by atoms with van der Waals surface area (Å²) < 4.78 is 11.1. The van der Waals surface area contributed by atoms with E-state index in [1.807, 2.05) is 26.0 Å². The predicted octanol–water partition coefficient (Wildman–Crippen LogP) is 3.23. The normalized spacial score (nSPS) is 21.5. The Bertz CT molecular complexity index is 611. The number of amides is 1. The molecule has 0 aromatic heterocycles. The molecule has 1 saturated heterocycles. The van der Waals surface area contributed by atoms with Crippen molar-refractivity contribution in [2.45, 2.75) is 39.4 Å². The van der Waals surface area contributed by atoms with E-state index in [-0.39, 0.29) is 23.9 Å². The van der Waals surface area contributed by atoms with Crippen molar-refractivity contribution in [2.75, 3.05) is 11.9 Å². The molecular formula is C18H23NO4. The predicted molar refractivity (Wildman–Crippen MR) is 87.9 cm³/mol. The fraction of sp³-hybridized carbons (Fsp3) is 0.444. The zero-order valence-corrected chi connectivity index (χ0v) is 13.8. The standard InChI is InChI=1S/C18H23NO4/c1-11(2)17-16(8-9-22-17)18(21)23-12(3)14-6-5-7-15(10-14)19-13(4)20/h5-7,10,12,16-17H,1,8-9H2,2-4H3,(H,19,20)/t12?,16-,17-/m1/s1. The van der Waals surface area contributed by atoms with Crippen LogP contribution in [0.2, 0.25) is 0 Å². The van der Waals surface area contributed by atoms with Crippen LogP contribution in [0.25, 0.3) is 0 Å². The molecule has 2 rings (SSSR count). The van der Waals surface area contributed by atoms with E-state index in [9.17, 15) is 9.59 Å². The van der Waals surface area contributed by atoms with E-state index >= 15 is 0 Å². The van der Waals surface area contributed by atoms with Crippen LogP contribution in [0.5, 0.6) is 0 Å². The third kappa shape index (κ3) is 4.42. The highest BCUT2D eigenvalue weighted by molar-refractivity contribution is 5.88. The summed E-state index contributed by atoms with van der Waals surface area (Å²) >= 11 is 0. The van der Waals surface area contributed by atoms with Crippen LogP contribution in [-0.4, -0.2) is 24.6 Å². The Hall–Kier alpha value is -2.14. The van der Waals surface area contributed by atoms with Gasteiger partial charge in [0.1, 0.15) is 6.10 Å². The summed E-state index contributed by atoms with van der Waals surface area (Å²) in [5, 5.41) is 2.72. The van der Waals surface area contributed by atoms with E-state index < -0.39 is 6.10 Å². The molecule has 1 aliphatic rings. The van der Waals surface area contributed by atoms with Gasteiger partial charge < -0.3 is 14.8 Å². The number of nitrogens with one attached hydrogen (secondary N) is 1. The molecule has 1 aromatic carbocycles. The topological polar surface area (TPSA) is 64.6 Å². The zero-order valence-electron chi connectivity index (χ0n) is 13.8. The molecule has 1 unspecified atom stereocenters. The van der Waals surface area contributed by atoms with Crippen LogP contribution in [-0.2, 0) is 19.1 Å². The van der Waals surface area contributed by atoms with E-state index in [0.29, 0.717) is 18.7 Å². The minimum absolute atomic E-state index is 0.140. The SMILES string of the molecule is C=C(C)[C@H]1OCC[C@H]1C(=O)OC(C)c1cccc(NC(C)=O)c1. The average Bonchev–Trinajstić information content (AvgIpc) is 2.96. The van der Waals surface area contributed by atoms with Gasteiger partial charge in [-0.3, -0.25) is 9.59 Å². The summed E-state index contributed by atoms with van der Waals surface area (Å²) in [4.78, 5) is 23.5. The first-order chi connectivity index (χ1) is 10.9. The van der Waals surface area contributed by atoms with Gasteiger partial charge in [0.25, 0.3) is 0 Å². The van der Waals surface area contributed by atoms with Gasteiger partial charge in [0.2, 0.25) is 5.91 Å². The third-order valence-corrected chi connectivity index (χ3v) is 3.85. The van der Waals surface area contributed by atoms with Gasteiger partial charge >= 0.3 is 5.97 Å². The van der Waals surface area contributed by atoms with Gasteiger partial charge in [0.15, 0.2) is 0 Å². The van der Waals surface area contributed by atoms with Crippen molar-refractivity contribution in [1.29, 1.82) is 0 Å². The van der Waals surface area contributed by atoms with Crippen LogP contribution in [0.3, 0.4) is 0 Å². The summed E-state index contributed by atoms with van der Waals surface area (Å²) in [6.07, 6.45) is -0.0161. The fourth-order valence-electron chi connectivity index (χ4n) is 2.72. The lowest BCUT2D eigenvalue weighted by molar-refractivity contribution is -0.154. The summed E-state index contributed by atoms with van der Waals surface area (Å²) in [5.74, 6) is -0.708. The number of benzene rings is 1. The summed E-state index contributed by atoms with van der Waals surface area (Å²) in [6.45, 7) is 9.54. The van der Waals surface area contributed by atoms with Gasteiger partial charge in [-0.2, -0.15) is 0 Å². The second-order valence-corrected chi connectivity index (χ2v) is 5.92. The Balaban J connectivity index is 2.03. The van der Waals surface area contributed by atoms with Crippen LogP contribution in [0, 0.1) is 5.92 Å². The first-order valence-electron chi connectivity index (χ1n) is 7.73. The van der Waals surface area contributed by atoms with Crippen molar-refractivity contribution in [3.63, 3.8) is 0 Å². The zero-order chi connectivity index (χ0) is 17.0. The van der Waals surface area contributed by atoms with Crippen LogP contribution in [0.1, 0.15) is 38.9 Å². The van der Waals surface area contributed by atoms with Crippen LogP contribution in [0.4, 0.5) is 5.69 Å². The molecule has 1 N–H and O–H groups in total. The Morgan fingerprint density at radius 2 is 2.13 bits per heavy atom. The molecule has 5 nitrogen and oxygen atoms in total. The first kappa shape index (κ1) is 17.2. The minimum Gasteiger partial charge on any atom is -0.457 e. The average molecular weight is 317 g/mol. The van der Waals surface area contributed by atoms with Gasteiger partial charge in [0, 0.05) is 19.2 Å². The Labute approximate surface area is 136 Å². The molecule has 5 heteroatoms. The second kappa shape index (κ2) is 7.42. The molecule has 124 valence electrons. The number of ether oxygens (including phenoxy) is 2. The van der Waals surface area contributed by atoms with E-state index in [2.05, 4.69) is 11.9 Å². The lowest BCUT2D eigenvalue weighted by atomic mass is 9.97. The summed E-state index contributed by atoms with van der Waals surface area (Å²) in [7, 11) is 0.